The highest BCUT2D eigenvalue weighted by Crippen LogP contribution is 2.21. The van der Waals surface area contributed by atoms with Crippen LogP contribution in [0, 0.1) is 0 Å². The Labute approximate surface area is 143 Å². The Hall–Kier alpha value is -2.92. The van der Waals surface area contributed by atoms with Gasteiger partial charge in [-0.1, -0.05) is 23.7 Å². The summed E-state index contributed by atoms with van der Waals surface area (Å²) in [7, 11) is 0. The van der Waals surface area contributed by atoms with Crippen LogP contribution in [0.15, 0.2) is 59.2 Å². The van der Waals surface area contributed by atoms with Gasteiger partial charge in [-0.3, -0.25) is 4.79 Å². The van der Waals surface area contributed by atoms with Crippen LogP contribution in [0.3, 0.4) is 0 Å². The maximum Gasteiger partial charge on any atom is 0.363 e. The SMILES string of the molecule is CC(=O)Oc1ccc(/C=C2/N=C(c3ccc(Cl)cc3)OC2=O)cc1. The van der Waals surface area contributed by atoms with Crippen molar-refractivity contribution in [1.29, 1.82) is 0 Å². The van der Waals surface area contributed by atoms with Gasteiger partial charge in [-0.15, -0.1) is 0 Å². The monoisotopic (exact) mass is 341 g/mol. The number of hydrogen-bond donors (Lipinski definition) is 0. The number of benzene rings is 2. The zero-order valence-electron chi connectivity index (χ0n) is 12.7. The first kappa shape index (κ1) is 16.0. The molecule has 0 atom stereocenters. The molecule has 120 valence electrons. The van der Waals surface area contributed by atoms with Crippen LogP contribution in [-0.4, -0.2) is 17.8 Å². The molecule has 0 spiro atoms. The summed E-state index contributed by atoms with van der Waals surface area (Å²) in [5.74, 6) is -0.245. The number of hydrogen-bond acceptors (Lipinski definition) is 5. The molecule has 0 aromatic heterocycles. The number of aliphatic imine (C=N–C) groups is 1. The zero-order valence-corrected chi connectivity index (χ0v) is 13.4. The van der Waals surface area contributed by atoms with Gasteiger partial charge in [-0.25, -0.2) is 9.79 Å². The highest BCUT2D eigenvalue weighted by molar-refractivity contribution is 6.30. The van der Waals surface area contributed by atoms with Crippen LogP contribution in [0.25, 0.3) is 6.08 Å². The molecule has 3 rings (SSSR count). The van der Waals surface area contributed by atoms with Gasteiger partial charge in [0.1, 0.15) is 5.75 Å². The van der Waals surface area contributed by atoms with E-state index in [1.807, 2.05) is 0 Å². The van der Waals surface area contributed by atoms with Crippen molar-refractivity contribution in [3.8, 4) is 5.75 Å². The van der Waals surface area contributed by atoms with Crippen molar-refractivity contribution in [2.75, 3.05) is 0 Å². The van der Waals surface area contributed by atoms with E-state index < -0.39 is 11.9 Å². The summed E-state index contributed by atoms with van der Waals surface area (Å²) in [6.07, 6.45) is 1.60. The molecule has 0 unspecified atom stereocenters. The van der Waals surface area contributed by atoms with Gasteiger partial charge < -0.3 is 9.47 Å². The van der Waals surface area contributed by atoms with Crippen LogP contribution in [0.4, 0.5) is 0 Å². The van der Waals surface area contributed by atoms with Crippen LogP contribution in [-0.2, 0) is 14.3 Å². The normalized spacial score (nSPS) is 15.2. The van der Waals surface area contributed by atoms with E-state index in [2.05, 4.69) is 4.99 Å². The molecule has 0 N–H and O–H groups in total. The Bertz CT molecular complexity index is 852. The van der Waals surface area contributed by atoms with E-state index in [0.717, 1.165) is 5.56 Å². The number of esters is 2. The lowest BCUT2D eigenvalue weighted by molar-refractivity contribution is -0.132. The minimum Gasteiger partial charge on any atom is -0.427 e. The van der Waals surface area contributed by atoms with Crippen molar-refractivity contribution in [3.63, 3.8) is 0 Å². The van der Waals surface area contributed by atoms with E-state index in [0.29, 0.717) is 16.3 Å². The summed E-state index contributed by atoms with van der Waals surface area (Å²) in [5.41, 5.74) is 1.60. The fourth-order valence-corrected chi connectivity index (χ4v) is 2.21. The molecule has 1 heterocycles. The second-order valence-corrected chi connectivity index (χ2v) is 5.44. The van der Waals surface area contributed by atoms with Crippen molar-refractivity contribution in [2.24, 2.45) is 4.99 Å². The summed E-state index contributed by atoms with van der Waals surface area (Å²) in [6.45, 7) is 1.33. The van der Waals surface area contributed by atoms with Gasteiger partial charge in [-0.2, -0.15) is 0 Å². The third-order valence-electron chi connectivity index (χ3n) is 3.16. The van der Waals surface area contributed by atoms with Crippen LogP contribution >= 0.6 is 11.6 Å². The molecule has 1 aliphatic heterocycles. The summed E-state index contributed by atoms with van der Waals surface area (Å²) in [6, 6.07) is 13.6. The molecule has 2 aromatic carbocycles. The molecule has 0 saturated heterocycles. The Morgan fingerprint density at radius 1 is 1.12 bits per heavy atom. The Kier molecular flexibility index (Phi) is 4.44. The van der Waals surface area contributed by atoms with Crippen LogP contribution < -0.4 is 4.74 Å². The number of carbonyl (C=O) groups is 2. The topological polar surface area (TPSA) is 65.0 Å². The quantitative estimate of drug-likeness (QED) is 0.486. The van der Waals surface area contributed by atoms with E-state index in [4.69, 9.17) is 21.1 Å². The van der Waals surface area contributed by atoms with Crippen molar-refractivity contribution in [3.05, 3.63) is 70.4 Å². The Balaban J connectivity index is 1.83. The number of halogens is 1. The molecular formula is C18H12ClNO4. The molecule has 0 aliphatic carbocycles. The first-order valence-electron chi connectivity index (χ1n) is 7.08. The lowest BCUT2D eigenvalue weighted by Crippen LogP contribution is -2.05. The second kappa shape index (κ2) is 6.68. The maximum absolute atomic E-state index is 11.9. The molecule has 24 heavy (non-hydrogen) atoms. The van der Waals surface area contributed by atoms with Crippen LogP contribution in [0.1, 0.15) is 18.1 Å². The zero-order chi connectivity index (χ0) is 17.1. The Morgan fingerprint density at radius 3 is 2.42 bits per heavy atom. The minimum absolute atomic E-state index is 0.195. The van der Waals surface area contributed by atoms with Gasteiger partial charge in [0.25, 0.3) is 0 Å². The third kappa shape index (κ3) is 3.70. The average Bonchev–Trinajstić information content (AvgIpc) is 2.90. The lowest BCUT2D eigenvalue weighted by Gasteiger charge is -2.00. The van der Waals surface area contributed by atoms with Gasteiger partial charge in [0.15, 0.2) is 5.70 Å². The number of rotatable bonds is 3. The van der Waals surface area contributed by atoms with E-state index in [1.165, 1.54) is 6.92 Å². The molecule has 0 fully saturated rings. The highest BCUT2D eigenvalue weighted by atomic mass is 35.5. The predicted octanol–water partition coefficient (Wildman–Crippen LogP) is 3.61. The van der Waals surface area contributed by atoms with Crippen LogP contribution in [0.2, 0.25) is 5.02 Å². The van der Waals surface area contributed by atoms with Gasteiger partial charge in [0.05, 0.1) is 0 Å². The molecule has 1 aliphatic rings. The van der Waals surface area contributed by atoms with E-state index in [-0.39, 0.29) is 11.6 Å². The second-order valence-electron chi connectivity index (χ2n) is 5.01. The summed E-state index contributed by atoms with van der Waals surface area (Å²) in [4.78, 5) is 27.0. The average molecular weight is 342 g/mol. The number of cyclic esters (lactones) is 1. The fourth-order valence-electron chi connectivity index (χ4n) is 2.08. The molecule has 0 radical (unpaired) electrons. The van der Waals surface area contributed by atoms with Crippen molar-refractivity contribution >= 4 is 35.5 Å². The van der Waals surface area contributed by atoms with E-state index in [1.54, 1.807) is 54.6 Å². The van der Waals surface area contributed by atoms with Gasteiger partial charge in [-0.05, 0) is 48.0 Å². The Morgan fingerprint density at radius 2 is 1.79 bits per heavy atom. The fraction of sp³-hybridized carbons (Fsp3) is 0.0556. The molecule has 0 amide bonds. The first-order chi connectivity index (χ1) is 11.5. The number of carbonyl (C=O) groups excluding carboxylic acids is 2. The molecule has 0 saturated carbocycles. The largest absolute Gasteiger partial charge is 0.427 e. The van der Waals surface area contributed by atoms with E-state index in [9.17, 15) is 9.59 Å². The minimum atomic E-state index is -0.524. The molecule has 0 bridgehead atoms. The standard InChI is InChI=1S/C18H12ClNO4/c1-11(21)23-15-8-2-12(3-9-15)10-16-18(22)24-17(20-16)13-4-6-14(19)7-5-13/h2-10H,1H3/b16-10+. The summed E-state index contributed by atoms with van der Waals surface area (Å²) >= 11 is 5.84. The molecule has 5 nitrogen and oxygen atoms in total. The van der Waals surface area contributed by atoms with Crippen LogP contribution in [0.5, 0.6) is 5.75 Å². The number of nitrogens with zero attached hydrogens (tertiary/aromatic N) is 1. The van der Waals surface area contributed by atoms with Gasteiger partial charge >= 0.3 is 11.9 Å². The van der Waals surface area contributed by atoms with Gasteiger partial charge in [0, 0.05) is 17.5 Å². The van der Waals surface area contributed by atoms with Crippen molar-refractivity contribution in [1.82, 2.24) is 0 Å². The molecular weight excluding hydrogens is 330 g/mol. The summed E-state index contributed by atoms with van der Waals surface area (Å²) in [5, 5.41) is 0.590. The third-order valence-corrected chi connectivity index (χ3v) is 3.41. The van der Waals surface area contributed by atoms with Crippen molar-refractivity contribution < 1.29 is 19.1 Å². The highest BCUT2D eigenvalue weighted by Gasteiger charge is 2.24. The maximum atomic E-state index is 11.9. The number of ether oxygens (including phenoxy) is 2. The summed E-state index contributed by atoms with van der Waals surface area (Å²) < 4.78 is 10.1. The molecule has 2 aromatic rings. The first-order valence-corrected chi connectivity index (χ1v) is 7.46. The predicted molar refractivity (Wildman–Crippen MR) is 89.8 cm³/mol. The molecule has 6 heteroatoms. The van der Waals surface area contributed by atoms with Gasteiger partial charge in [0.2, 0.25) is 5.90 Å². The van der Waals surface area contributed by atoms with Crippen molar-refractivity contribution in [2.45, 2.75) is 6.92 Å². The lowest BCUT2D eigenvalue weighted by atomic mass is 10.2. The smallest absolute Gasteiger partial charge is 0.363 e. The van der Waals surface area contributed by atoms with E-state index >= 15 is 0 Å².